The first kappa shape index (κ1) is 18.6. The lowest BCUT2D eigenvalue weighted by Gasteiger charge is -2.21. The van der Waals surface area contributed by atoms with E-state index >= 15 is 0 Å². The second-order valence-electron chi connectivity index (χ2n) is 6.88. The number of amides is 4. The Bertz CT molecular complexity index is 905. The van der Waals surface area contributed by atoms with Crippen LogP contribution >= 0.6 is 0 Å². The molecular formula is C19H23N5O3. The molecule has 0 unspecified atom stereocenters. The second kappa shape index (κ2) is 7.22. The van der Waals surface area contributed by atoms with E-state index in [2.05, 4.69) is 5.10 Å². The first-order valence-electron chi connectivity index (χ1n) is 8.68. The lowest BCUT2D eigenvalue weighted by Crippen LogP contribution is -2.41. The van der Waals surface area contributed by atoms with Crippen LogP contribution in [0.15, 0.2) is 30.3 Å². The van der Waals surface area contributed by atoms with Crippen molar-refractivity contribution in [3.8, 4) is 5.69 Å². The summed E-state index contributed by atoms with van der Waals surface area (Å²) in [5, 5.41) is 4.48. The quantitative estimate of drug-likeness (QED) is 0.745. The number of rotatable bonds is 5. The summed E-state index contributed by atoms with van der Waals surface area (Å²) >= 11 is 0. The predicted octanol–water partition coefficient (Wildman–Crippen LogP) is 1.34. The summed E-state index contributed by atoms with van der Waals surface area (Å²) in [6.45, 7) is 4.08. The normalized spacial score (nSPS) is 14.2. The Kier molecular flexibility index (Phi) is 4.98. The summed E-state index contributed by atoms with van der Waals surface area (Å²) in [7, 11) is 3.20. The zero-order chi connectivity index (χ0) is 19.7. The summed E-state index contributed by atoms with van der Waals surface area (Å²) < 4.78 is 1.86. The maximum absolute atomic E-state index is 12.5. The fraction of sp³-hybridized carbons (Fsp3) is 0.368. The van der Waals surface area contributed by atoms with Crippen LogP contribution < -0.4 is 0 Å². The molecule has 1 fully saturated rings. The second-order valence-corrected chi connectivity index (χ2v) is 6.88. The van der Waals surface area contributed by atoms with Gasteiger partial charge in [-0.1, -0.05) is 12.1 Å². The maximum atomic E-state index is 12.5. The molecule has 1 aromatic carbocycles. The van der Waals surface area contributed by atoms with Crippen LogP contribution in [0.25, 0.3) is 5.69 Å². The Labute approximate surface area is 158 Å². The minimum atomic E-state index is -0.437. The zero-order valence-corrected chi connectivity index (χ0v) is 16.0. The Morgan fingerprint density at radius 2 is 1.96 bits per heavy atom. The molecular weight excluding hydrogens is 346 g/mol. The average molecular weight is 369 g/mol. The van der Waals surface area contributed by atoms with Crippen molar-refractivity contribution in [2.45, 2.75) is 20.4 Å². The number of urea groups is 1. The number of aryl methyl sites for hydroxylation is 2. The lowest BCUT2D eigenvalue weighted by atomic mass is 10.2. The van der Waals surface area contributed by atoms with Crippen molar-refractivity contribution < 1.29 is 14.4 Å². The number of hydrogen-bond acceptors (Lipinski definition) is 4. The largest absolute Gasteiger partial charge is 0.340 e. The molecule has 8 nitrogen and oxygen atoms in total. The van der Waals surface area contributed by atoms with Crippen LogP contribution in [0.3, 0.4) is 0 Å². The molecule has 2 heterocycles. The average Bonchev–Trinajstić information content (AvgIpc) is 3.07. The summed E-state index contributed by atoms with van der Waals surface area (Å²) in [5.41, 5.74) is 3.83. The van der Waals surface area contributed by atoms with Crippen LogP contribution in [0.4, 0.5) is 4.79 Å². The van der Waals surface area contributed by atoms with E-state index in [0.29, 0.717) is 6.54 Å². The van der Waals surface area contributed by atoms with E-state index in [-0.39, 0.29) is 24.9 Å². The number of likely N-dealkylation sites (N-methyl/N-ethyl adjacent to an activating group) is 2. The summed E-state index contributed by atoms with van der Waals surface area (Å²) in [4.78, 5) is 40.0. The Hall–Kier alpha value is -3.16. The monoisotopic (exact) mass is 369 g/mol. The van der Waals surface area contributed by atoms with Gasteiger partial charge in [-0.2, -0.15) is 5.10 Å². The number of carbonyl (C=O) groups excluding carboxylic acids is 3. The van der Waals surface area contributed by atoms with Gasteiger partial charge in [0.15, 0.2) is 0 Å². The van der Waals surface area contributed by atoms with Crippen LogP contribution in [0.1, 0.15) is 17.0 Å². The van der Waals surface area contributed by atoms with Crippen molar-refractivity contribution in [2.75, 3.05) is 27.2 Å². The molecule has 2 aromatic rings. The highest BCUT2D eigenvalue weighted by atomic mass is 16.2. The summed E-state index contributed by atoms with van der Waals surface area (Å²) in [6.07, 6.45) is 0. The van der Waals surface area contributed by atoms with Crippen molar-refractivity contribution in [2.24, 2.45) is 0 Å². The van der Waals surface area contributed by atoms with Crippen LogP contribution in [-0.2, 0) is 16.1 Å². The minimum Gasteiger partial charge on any atom is -0.340 e. The Morgan fingerprint density at radius 1 is 1.22 bits per heavy atom. The SMILES string of the molecule is Cc1cc(C)n(-c2cccc(CN(C)C(=O)CN3C(=O)CN(C)C3=O)c2)n1. The number of nitrogens with zero attached hydrogens (tertiary/aromatic N) is 5. The predicted molar refractivity (Wildman–Crippen MR) is 99.3 cm³/mol. The van der Waals surface area contributed by atoms with E-state index in [1.807, 2.05) is 48.9 Å². The molecule has 3 rings (SSSR count). The third-order valence-corrected chi connectivity index (χ3v) is 4.53. The fourth-order valence-corrected chi connectivity index (χ4v) is 3.12. The third-order valence-electron chi connectivity index (χ3n) is 4.53. The highest BCUT2D eigenvalue weighted by molar-refractivity contribution is 6.04. The number of aromatic nitrogens is 2. The van der Waals surface area contributed by atoms with Gasteiger partial charge in [-0.15, -0.1) is 0 Å². The van der Waals surface area contributed by atoms with Gasteiger partial charge in [0.2, 0.25) is 5.91 Å². The van der Waals surface area contributed by atoms with Gasteiger partial charge in [0.05, 0.1) is 11.4 Å². The van der Waals surface area contributed by atoms with Gasteiger partial charge in [-0.3, -0.25) is 14.5 Å². The van der Waals surface area contributed by atoms with E-state index in [1.54, 1.807) is 14.1 Å². The van der Waals surface area contributed by atoms with E-state index in [9.17, 15) is 14.4 Å². The van der Waals surface area contributed by atoms with E-state index < -0.39 is 6.03 Å². The molecule has 0 spiro atoms. The third kappa shape index (κ3) is 3.84. The zero-order valence-electron chi connectivity index (χ0n) is 16.0. The molecule has 0 N–H and O–H groups in total. The standard InChI is InChI=1S/C19H23N5O3/c1-13-8-14(2)24(20-13)16-7-5-6-15(9-16)10-21(3)17(25)12-23-18(26)11-22(4)19(23)27/h5-9H,10-12H2,1-4H3. The molecule has 0 saturated carbocycles. The smallest absolute Gasteiger partial charge is 0.327 e. The first-order valence-corrected chi connectivity index (χ1v) is 8.68. The number of hydrogen-bond donors (Lipinski definition) is 0. The van der Waals surface area contributed by atoms with E-state index in [1.165, 1.54) is 9.80 Å². The van der Waals surface area contributed by atoms with Gasteiger partial charge in [-0.05, 0) is 37.6 Å². The Morgan fingerprint density at radius 3 is 2.56 bits per heavy atom. The lowest BCUT2D eigenvalue weighted by molar-refractivity contribution is -0.136. The molecule has 1 saturated heterocycles. The fourth-order valence-electron chi connectivity index (χ4n) is 3.12. The van der Waals surface area contributed by atoms with Gasteiger partial charge >= 0.3 is 6.03 Å². The van der Waals surface area contributed by atoms with Gasteiger partial charge in [0, 0.05) is 26.3 Å². The van der Waals surface area contributed by atoms with Crippen molar-refractivity contribution in [3.05, 3.63) is 47.3 Å². The highest BCUT2D eigenvalue weighted by Gasteiger charge is 2.35. The van der Waals surface area contributed by atoms with E-state index in [4.69, 9.17) is 0 Å². The van der Waals surface area contributed by atoms with Crippen molar-refractivity contribution in [1.29, 1.82) is 0 Å². The van der Waals surface area contributed by atoms with Gasteiger partial charge in [0.1, 0.15) is 13.1 Å². The Balaban J connectivity index is 1.69. The summed E-state index contributed by atoms with van der Waals surface area (Å²) in [5.74, 6) is -0.640. The van der Waals surface area contributed by atoms with Crippen molar-refractivity contribution in [1.82, 2.24) is 24.5 Å². The topological polar surface area (TPSA) is 78.8 Å². The molecule has 142 valence electrons. The molecule has 4 amide bonds. The maximum Gasteiger partial charge on any atom is 0.327 e. The first-order chi connectivity index (χ1) is 12.8. The van der Waals surface area contributed by atoms with Gasteiger partial charge < -0.3 is 9.80 Å². The minimum absolute atomic E-state index is 0.0144. The molecule has 0 radical (unpaired) electrons. The molecule has 0 aliphatic carbocycles. The van der Waals surface area contributed by atoms with Crippen LogP contribution in [0, 0.1) is 13.8 Å². The van der Waals surface area contributed by atoms with E-state index in [0.717, 1.165) is 27.5 Å². The molecule has 0 atom stereocenters. The number of benzene rings is 1. The van der Waals surface area contributed by atoms with Crippen molar-refractivity contribution in [3.63, 3.8) is 0 Å². The van der Waals surface area contributed by atoms with Crippen molar-refractivity contribution >= 4 is 17.8 Å². The van der Waals surface area contributed by atoms with Gasteiger partial charge in [-0.25, -0.2) is 9.48 Å². The number of carbonyl (C=O) groups is 3. The molecule has 1 aliphatic heterocycles. The molecule has 8 heteroatoms. The molecule has 1 aliphatic rings. The number of imide groups is 1. The van der Waals surface area contributed by atoms with Crippen LogP contribution in [-0.4, -0.2) is 69.5 Å². The summed E-state index contributed by atoms with van der Waals surface area (Å²) in [6, 6.07) is 9.35. The highest BCUT2D eigenvalue weighted by Crippen LogP contribution is 2.15. The van der Waals surface area contributed by atoms with Gasteiger partial charge in [0.25, 0.3) is 5.91 Å². The van der Waals surface area contributed by atoms with Crippen LogP contribution in [0.2, 0.25) is 0 Å². The molecule has 1 aromatic heterocycles. The van der Waals surface area contributed by atoms with Crippen LogP contribution in [0.5, 0.6) is 0 Å². The molecule has 27 heavy (non-hydrogen) atoms. The molecule has 0 bridgehead atoms.